The molecule has 1 aromatic carbocycles. The minimum absolute atomic E-state index is 0.00205. The van der Waals surface area contributed by atoms with E-state index in [1.807, 2.05) is 26.0 Å². The number of hydrogen-bond donors (Lipinski definition) is 1. The maximum absolute atomic E-state index is 11.1. The lowest BCUT2D eigenvalue weighted by molar-refractivity contribution is 0.0990. The van der Waals surface area contributed by atoms with Crippen molar-refractivity contribution in [2.24, 2.45) is 5.73 Å². The van der Waals surface area contributed by atoms with Crippen LogP contribution in [0.3, 0.4) is 0 Å². The molecule has 19 heavy (non-hydrogen) atoms. The summed E-state index contributed by atoms with van der Waals surface area (Å²) in [7, 11) is 1.60. The molecule has 0 fully saturated rings. The summed E-state index contributed by atoms with van der Waals surface area (Å²) >= 11 is 0. The fourth-order valence-electron chi connectivity index (χ4n) is 1.79. The molecule has 0 aliphatic carbocycles. The Labute approximate surface area is 111 Å². The number of carbonyl (C=O) groups excluding carboxylic acids is 1. The second-order valence-electron chi connectivity index (χ2n) is 4.27. The van der Waals surface area contributed by atoms with E-state index in [-0.39, 0.29) is 5.82 Å². The zero-order valence-corrected chi connectivity index (χ0v) is 11.1. The number of aryl methyl sites for hydroxylation is 2. The van der Waals surface area contributed by atoms with Crippen molar-refractivity contribution in [3.8, 4) is 17.0 Å². The lowest BCUT2D eigenvalue weighted by atomic mass is 10.0. The van der Waals surface area contributed by atoms with Crippen LogP contribution in [0.2, 0.25) is 0 Å². The molecule has 0 spiro atoms. The smallest absolute Gasteiger partial charge is 0.286 e. The zero-order valence-electron chi connectivity index (χ0n) is 11.1. The molecule has 0 aliphatic rings. The number of ether oxygens (including phenoxy) is 1. The highest BCUT2D eigenvalue weighted by molar-refractivity contribution is 5.89. The maximum atomic E-state index is 11.1. The highest BCUT2D eigenvalue weighted by Gasteiger charge is 2.12. The largest absolute Gasteiger partial charge is 0.496 e. The SMILES string of the molecule is COc1cc(C)c(C)cc1-c1ccnc(C(N)=O)n1. The summed E-state index contributed by atoms with van der Waals surface area (Å²) in [6.07, 6.45) is 1.51. The molecule has 1 aromatic heterocycles. The average Bonchev–Trinajstić information content (AvgIpc) is 2.41. The van der Waals surface area contributed by atoms with Crippen LogP contribution in [0, 0.1) is 13.8 Å². The van der Waals surface area contributed by atoms with Gasteiger partial charge in [0.2, 0.25) is 5.82 Å². The van der Waals surface area contributed by atoms with Crippen LogP contribution in [-0.2, 0) is 0 Å². The van der Waals surface area contributed by atoms with Crippen LogP contribution in [0.4, 0.5) is 0 Å². The summed E-state index contributed by atoms with van der Waals surface area (Å²) in [4.78, 5) is 19.1. The third kappa shape index (κ3) is 2.54. The fourth-order valence-corrected chi connectivity index (χ4v) is 1.79. The zero-order chi connectivity index (χ0) is 14.0. The predicted molar refractivity (Wildman–Crippen MR) is 72.0 cm³/mol. The van der Waals surface area contributed by atoms with Crippen molar-refractivity contribution in [1.29, 1.82) is 0 Å². The van der Waals surface area contributed by atoms with E-state index in [4.69, 9.17) is 10.5 Å². The summed E-state index contributed by atoms with van der Waals surface area (Å²) in [5.74, 6) is 0.0552. The number of benzene rings is 1. The molecule has 2 N–H and O–H groups in total. The Morgan fingerprint density at radius 3 is 2.58 bits per heavy atom. The van der Waals surface area contributed by atoms with Crippen LogP contribution in [0.5, 0.6) is 5.75 Å². The van der Waals surface area contributed by atoms with E-state index in [1.165, 1.54) is 6.20 Å². The lowest BCUT2D eigenvalue weighted by Crippen LogP contribution is -2.15. The molecule has 2 aromatic rings. The minimum Gasteiger partial charge on any atom is -0.496 e. The number of methoxy groups -OCH3 is 1. The Hall–Kier alpha value is -2.43. The molecule has 1 amide bonds. The Morgan fingerprint density at radius 1 is 1.26 bits per heavy atom. The van der Waals surface area contributed by atoms with E-state index in [0.29, 0.717) is 11.4 Å². The molecule has 5 heteroatoms. The van der Waals surface area contributed by atoms with Crippen molar-refractivity contribution >= 4 is 5.91 Å². The highest BCUT2D eigenvalue weighted by atomic mass is 16.5. The molecule has 0 saturated carbocycles. The normalized spacial score (nSPS) is 10.3. The van der Waals surface area contributed by atoms with Gasteiger partial charge >= 0.3 is 0 Å². The Balaban J connectivity index is 2.61. The highest BCUT2D eigenvalue weighted by Crippen LogP contribution is 2.31. The first-order chi connectivity index (χ1) is 9.02. The van der Waals surface area contributed by atoms with Crippen LogP contribution < -0.4 is 10.5 Å². The molecule has 98 valence electrons. The van der Waals surface area contributed by atoms with E-state index in [9.17, 15) is 4.79 Å². The predicted octanol–water partition coefficient (Wildman–Crippen LogP) is 1.87. The number of nitrogens with two attached hydrogens (primary N) is 1. The Kier molecular flexibility index (Phi) is 3.46. The molecular formula is C14H15N3O2. The third-order valence-electron chi connectivity index (χ3n) is 2.97. The quantitative estimate of drug-likeness (QED) is 0.910. The molecule has 0 atom stereocenters. The van der Waals surface area contributed by atoms with Crippen molar-refractivity contribution in [2.75, 3.05) is 7.11 Å². The summed E-state index contributed by atoms with van der Waals surface area (Å²) < 4.78 is 5.36. The Morgan fingerprint density at radius 2 is 1.95 bits per heavy atom. The van der Waals surface area contributed by atoms with Gasteiger partial charge in [-0.25, -0.2) is 9.97 Å². The van der Waals surface area contributed by atoms with Crippen LogP contribution in [0.25, 0.3) is 11.3 Å². The van der Waals surface area contributed by atoms with Crippen molar-refractivity contribution in [3.63, 3.8) is 0 Å². The Bertz CT molecular complexity index is 639. The van der Waals surface area contributed by atoms with Gasteiger partial charge in [0, 0.05) is 11.8 Å². The van der Waals surface area contributed by atoms with Crippen molar-refractivity contribution in [1.82, 2.24) is 9.97 Å². The molecule has 0 radical (unpaired) electrons. The second kappa shape index (κ2) is 5.06. The number of nitrogens with zero attached hydrogens (tertiary/aromatic N) is 2. The fraction of sp³-hybridized carbons (Fsp3) is 0.214. The second-order valence-corrected chi connectivity index (χ2v) is 4.27. The number of amides is 1. The van der Waals surface area contributed by atoms with Crippen LogP contribution in [0.15, 0.2) is 24.4 Å². The molecule has 0 aliphatic heterocycles. The lowest BCUT2D eigenvalue weighted by Gasteiger charge is -2.11. The van der Waals surface area contributed by atoms with Gasteiger partial charge in [-0.05, 0) is 43.2 Å². The van der Waals surface area contributed by atoms with Crippen molar-refractivity contribution in [2.45, 2.75) is 13.8 Å². The van der Waals surface area contributed by atoms with E-state index < -0.39 is 5.91 Å². The standard InChI is InChI=1S/C14H15N3O2/c1-8-6-10(12(19-3)7-9(8)2)11-4-5-16-14(17-11)13(15)18/h4-7H,1-3H3,(H2,15,18). The van der Waals surface area contributed by atoms with E-state index in [2.05, 4.69) is 9.97 Å². The molecular weight excluding hydrogens is 242 g/mol. The van der Waals surface area contributed by atoms with Gasteiger partial charge in [-0.1, -0.05) is 0 Å². The first kappa shape index (κ1) is 13.0. The molecule has 0 bridgehead atoms. The van der Waals surface area contributed by atoms with Crippen LogP contribution >= 0.6 is 0 Å². The third-order valence-corrected chi connectivity index (χ3v) is 2.97. The van der Waals surface area contributed by atoms with Gasteiger partial charge in [-0.2, -0.15) is 0 Å². The number of hydrogen-bond acceptors (Lipinski definition) is 4. The number of aromatic nitrogens is 2. The summed E-state index contributed by atoms with van der Waals surface area (Å²) in [5, 5.41) is 0. The number of primary amides is 1. The van der Waals surface area contributed by atoms with Gasteiger partial charge < -0.3 is 10.5 Å². The summed E-state index contributed by atoms with van der Waals surface area (Å²) in [6.45, 7) is 4.02. The van der Waals surface area contributed by atoms with Crippen LogP contribution in [0.1, 0.15) is 21.7 Å². The first-order valence-electron chi connectivity index (χ1n) is 5.81. The van der Waals surface area contributed by atoms with Gasteiger partial charge in [0.25, 0.3) is 5.91 Å². The van der Waals surface area contributed by atoms with Crippen molar-refractivity contribution < 1.29 is 9.53 Å². The molecule has 0 saturated heterocycles. The number of rotatable bonds is 3. The van der Waals surface area contributed by atoms with Gasteiger partial charge in [0.15, 0.2) is 0 Å². The average molecular weight is 257 g/mol. The van der Waals surface area contributed by atoms with E-state index >= 15 is 0 Å². The van der Waals surface area contributed by atoms with E-state index in [1.54, 1.807) is 13.2 Å². The molecule has 5 nitrogen and oxygen atoms in total. The monoisotopic (exact) mass is 257 g/mol. The summed E-state index contributed by atoms with van der Waals surface area (Å²) in [6, 6.07) is 5.64. The van der Waals surface area contributed by atoms with Gasteiger partial charge in [0.05, 0.1) is 12.8 Å². The van der Waals surface area contributed by atoms with Crippen LogP contribution in [-0.4, -0.2) is 23.0 Å². The summed E-state index contributed by atoms with van der Waals surface area (Å²) in [5.41, 5.74) is 8.87. The first-order valence-corrected chi connectivity index (χ1v) is 5.81. The number of carbonyl (C=O) groups is 1. The topological polar surface area (TPSA) is 78.1 Å². The molecule has 0 unspecified atom stereocenters. The minimum atomic E-state index is -0.648. The van der Waals surface area contributed by atoms with Gasteiger partial charge in [-0.15, -0.1) is 0 Å². The van der Waals surface area contributed by atoms with Crippen molar-refractivity contribution in [3.05, 3.63) is 41.3 Å². The van der Waals surface area contributed by atoms with Gasteiger partial charge in [0.1, 0.15) is 5.75 Å². The van der Waals surface area contributed by atoms with E-state index in [0.717, 1.165) is 16.7 Å². The molecule has 2 rings (SSSR count). The molecule has 1 heterocycles. The van der Waals surface area contributed by atoms with Gasteiger partial charge in [-0.3, -0.25) is 4.79 Å². The maximum Gasteiger partial charge on any atom is 0.286 e.